The van der Waals surface area contributed by atoms with E-state index < -0.39 is 0 Å². The standard InChI is InChI=1S/C29H30N2O3/c1-19(2)18-34-25-14-11-23(12-15-25)26-27(30-24-13-10-20(3)21(4)16-24)29(33)31(28(26)32)17-22-8-6-5-7-9-22/h5-16,19,30H,17-18H2,1-4H3. The molecule has 3 aromatic carbocycles. The molecule has 0 spiro atoms. The largest absolute Gasteiger partial charge is 0.493 e. The molecule has 0 fully saturated rings. The van der Waals surface area contributed by atoms with Crippen LogP contribution in [-0.2, 0) is 16.1 Å². The molecule has 1 aliphatic heterocycles. The van der Waals surface area contributed by atoms with Crippen LogP contribution in [-0.4, -0.2) is 23.3 Å². The zero-order valence-corrected chi connectivity index (χ0v) is 20.1. The van der Waals surface area contributed by atoms with Crippen LogP contribution in [0.4, 0.5) is 5.69 Å². The molecule has 0 aromatic heterocycles. The van der Waals surface area contributed by atoms with E-state index in [1.165, 1.54) is 4.90 Å². The van der Waals surface area contributed by atoms with E-state index in [9.17, 15) is 9.59 Å². The van der Waals surface area contributed by atoms with Gasteiger partial charge in [-0.15, -0.1) is 0 Å². The van der Waals surface area contributed by atoms with Gasteiger partial charge in [0.1, 0.15) is 11.4 Å². The molecule has 0 bridgehead atoms. The van der Waals surface area contributed by atoms with Crippen molar-refractivity contribution in [1.29, 1.82) is 0 Å². The number of anilines is 1. The molecule has 1 N–H and O–H groups in total. The molecule has 1 heterocycles. The van der Waals surface area contributed by atoms with Crippen LogP contribution in [0.25, 0.3) is 5.57 Å². The third-order valence-electron chi connectivity index (χ3n) is 5.85. The lowest BCUT2D eigenvalue weighted by Gasteiger charge is -2.15. The maximum absolute atomic E-state index is 13.5. The Labute approximate surface area is 201 Å². The van der Waals surface area contributed by atoms with E-state index in [1.54, 1.807) is 0 Å². The molecule has 1 aliphatic rings. The highest BCUT2D eigenvalue weighted by atomic mass is 16.5. The number of aryl methyl sites for hydroxylation is 2. The topological polar surface area (TPSA) is 58.6 Å². The van der Waals surface area contributed by atoms with Gasteiger partial charge in [0.05, 0.1) is 18.7 Å². The minimum absolute atomic E-state index is 0.218. The molecule has 3 aromatic rings. The third kappa shape index (κ3) is 5.04. The molecule has 4 rings (SSSR count). The summed E-state index contributed by atoms with van der Waals surface area (Å²) in [5.74, 6) is 0.509. The number of benzene rings is 3. The second-order valence-electron chi connectivity index (χ2n) is 9.09. The predicted octanol–water partition coefficient (Wildman–Crippen LogP) is 5.73. The van der Waals surface area contributed by atoms with Crippen LogP contribution in [0.1, 0.15) is 36.1 Å². The van der Waals surface area contributed by atoms with E-state index in [0.717, 1.165) is 28.1 Å². The van der Waals surface area contributed by atoms with E-state index in [2.05, 4.69) is 19.2 Å². The monoisotopic (exact) mass is 454 g/mol. The number of rotatable bonds is 8. The highest BCUT2D eigenvalue weighted by Crippen LogP contribution is 2.32. The zero-order valence-electron chi connectivity index (χ0n) is 20.1. The van der Waals surface area contributed by atoms with Crippen molar-refractivity contribution >= 4 is 23.1 Å². The minimum atomic E-state index is -0.331. The van der Waals surface area contributed by atoms with Gasteiger partial charge < -0.3 is 10.1 Å². The number of hydrogen-bond donors (Lipinski definition) is 1. The second-order valence-corrected chi connectivity index (χ2v) is 9.09. The number of ether oxygens (including phenoxy) is 1. The summed E-state index contributed by atoms with van der Waals surface area (Å²) in [4.78, 5) is 28.3. The molecule has 0 saturated heterocycles. The number of carbonyl (C=O) groups is 2. The third-order valence-corrected chi connectivity index (χ3v) is 5.85. The molecular formula is C29H30N2O3. The highest BCUT2D eigenvalue weighted by molar-refractivity contribution is 6.36. The van der Waals surface area contributed by atoms with Gasteiger partial charge in [0.15, 0.2) is 0 Å². The molecule has 34 heavy (non-hydrogen) atoms. The van der Waals surface area contributed by atoms with Crippen molar-refractivity contribution < 1.29 is 14.3 Å². The fourth-order valence-corrected chi connectivity index (χ4v) is 3.81. The average molecular weight is 455 g/mol. The van der Waals surface area contributed by atoms with Crippen molar-refractivity contribution in [3.05, 3.63) is 101 Å². The Balaban J connectivity index is 1.69. The summed E-state index contributed by atoms with van der Waals surface area (Å²) in [6, 6.07) is 22.8. The summed E-state index contributed by atoms with van der Waals surface area (Å²) in [6.45, 7) is 9.08. The quantitative estimate of drug-likeness (QED) is 0.442. The molecule has 0 saturated carbocycles. The van der Waals surface area contributed by atoms with Gasteiger partial charge in [-0.2, -0.15) is 0 Å². The predicted molar refractivity (Wildman–Crippen MR) is 135 cm³/mol. The van der Waals surface area contributed by atoms with Gasteiger partial charge in [-0.1, -0.05) is 62.4 Å². The van der Waals surface area contributed by atoms with Crippen LogP contribution in [0.3, 0.4) is 0 Å². The Morgan fingerprint density at radius 2 is 1.56 bits per heavy atom. The van der Waals surface area contributed by atoms with Crippen molar-refractivity contribution in [2.75, 3.05) is 11.9 Å². The Morgan fingerprint density at radius 1 is 0.853 bits per heavy atom. The van der Waals surface area contributed by atoms with Gasteiger partial charge in [-0.3, -0.25) is 14.5 Å². The van der Waals surface area contributed by atoms with Crippen molar-refractivity contribution in [3.8, 4) is 5.75 Å². The molecule has 0 unspecified atom stereocenters. The molecule has 5 heteroatoms. The van der Waals surface area contributed by atoms with Gasteiger partial charge in [0.25, 0.3) is 11.8 Å². The maximum atomic E-state index is 13.5. The number of nitrogens with zero attached hydrogens (tertiary/aromatic N) is 1. The molecule has 0 aliphatic carbocycles. The van der Waals surface area contributed by atoms with E-state index >= 15 is 0 Å². The molecule has 2 amide bonds. The fourth-order valence-electron chi connectivity index (χ4n) is 3.81. The first-order chi connectivity index (χ1) is 16.3. The van der Waals surface area contributed by atoms with Gasteiger partial charge in [0, 0.05) is 5.69 Å². The van der Waals surface area contributed by atoms with E-state index in [0.29, 0.717) is 29.4 Å². The number of nitrogens with one attached hydrogen (secondary N) is 1. The lowest BCUT2D eigenvalue weighted by atomic mass is 10.0. The Kier molecular flexibility index (Phi) is 6.82. The molecule has 0 atom stereocenters. The lowest BCUT2D eigenvalue weighted by molar-refractivity contribution is -0.137. The van der Waals surface area contributed by atoms with Crippen molar-refractivity contribution in [1.82, 2.24) is 4.90 Å². The first-order valence-corrected chi connectivity index (χ1v) is 11.6. The van der Waals surface area contributed by atoms with Crippen LogP contribution < -0.4 is 10.1 Å². The number of amides is 2. The normalized spacial score (nSPS) is 13.7. The number of carbonyl (C=O) groups excluding carboxylic acids is 2. The number of imide groups is 1. The molecular weight excluding hydrogens is 424 g/mol. The van der Waals surface area contributed by atoms with Gasteiger partial charge in [0.2, 0.25) is 0 Å². The summed E-state index contributed by atoms with van der Waals surface area (Å²) < 4.78 is 5.79. The smallest absolute Gasteiger partial charge is 0.278 e. The van der Waals surface area contributed by atoms with Gasteiger partial charge in [-0.05, 0) is 66.3 Å². The number of hydrogen-bond acceptors (Lipinski definition) is 4. The first kappa shape index (κ1) is 23.3. The first-order valence-electron chi connectivity index (χ1n) is 11.6. The van der Waals surface area contributed by atoms with Crippen molar-refractivity contribution in [3.63, 3.8) is 0 Å². The van der Waals surface area contributed by atoms with Gasteiger partial charge >= 0.3 is 0 Å². The van der Waals surface area contributed by atoms with Crippen LogP contribution in [0.15, 0.2) is 78.5 Å². The van der Waals surface area contributed by atoms with Crippen LogP contribution in [0, 0.1) is 19.8 Å². The van der Waals surface area contributed by atoms with E-state index in [1.807, 2.05) is 86.6 Å². The maximum Gasteiger partial charge on any atom is 0.278 e. The van der Waals surface area contributed by atoms with E-state index in [-0.39, 0.29) is 18.4 Å². The van der Waals surface area contributed by atoms with Crippen LogP contribution >= 0.6 is 0 Å². The average Bonchev–Trinajstić information content (AvgIpc) is 3.05. The summed E-state index contributed by atoms with van der Waals surface area (Å²) in [5, 5.41) is 3.24. The minimum Gasteiger partial charge on any atom is -0.493 e. The fraction of sp³-hybridized carbons (Fsp3) is 0.241. The summed E-state index contributed by atoms with van der Waals surface area (Å²) in [7, 11) is 0. The summed E-state index contributed by atoms with van der Waals surface area (Å²) in [5.41, 5.74) is 5.28. The Hall–Kier alpha value is -3.86. The Morgan fingerprint density at radius 3 is 2.21 bits per heavy atom. The molecule has 5 nitrogen and oxygen atoms in total. The van der Waals surface area contributed by atoms with Gasteiger partial charge in [-0.25, -0.2) is 0 Å². The van der Waals surface area contributed by atoms with Crippen LogP contribution in [0.2, 0.25) is 0 Å². The van der Waals surface area contributed by atoms with Crippen molar-refractivity contribution in [2.45, 2.75) is 34.2 Å². The lowest BCUT2D eigenvalue weighted by Crippen LogP contribution is -2.32. The van der Waals surface area contributed by atoms with Crippen LogP contribution in [0.5, 0.6) is 5.75 Å². The SMILES string of the molecule is Cc1ccc(NC2=C(c3ccc(OCC(C)C)cc3)C(=O)N(Cc3ccccc3)C2=O)cc1C. The summed E-state index contributed by atoms with van der Waals surface area (Å²) in [6.07, 6.45) is 0. The zero-order chi connectivity index (χ0) is 24.2. The summed E-state index contributed by atoms with van der Waals surface area (Å²) >= 11 is 0. The van der Waals surface area contributed by atoms with E-state index in [4.69, 9.17) is 4.74 Å². The Bertz CT molecular complexity index is 1230. The molecule has 0 radical (unpaired) electrons. The highest BCUT2D eigenvalue weighted by Gasteiger charge is 2.39. The molecule has 174 valence electrons. The van der Waals surface area contributed by atoms with Crippen molar-refractivity contribution in [2.24, 2.45) is 5.92 Å². The second kappa shape index (κ2) is 9.96.